The number of fused-ring (bicyclic) bond motifs is 1. The normalized spacial score (nSPS) is 30.7. The third kappa shape index (κ3) is 9.05. The summed E-state index contributed by atoms with van der Waals surface area (Å²) in [5.41, 5.74) is -1.45. The smallest absolute Gasteiger partial charge is 0.413 e. The molecule has 0 aromatic carbocycles. The highest BCUT2D eigenvalue weighted by atomic mass is 28.4. The SMILES string of the molecule is C=C1/C(=C\C=C2/CCC[C@]3(C)[C@@H]([C@H](C)/C=C/[C@@H](C)C(O)(C(F)(F)F)C(F)(F)F)CC[C@@H]23)C[C@@H](O[Si](C)(C)C(C)(C)C)C[C@@H]1O[Si](C)(C)C(C)(C)C. The summed E-state index contributed by atoms with van der Waals surface area (Å²) in [7, 11) is -4.17. The average Bonchev–Trinajstić information content (AvgIpc) is 3.31. The first kappa shape index (κ1) is 44.3. The highest BCUT2D eigenvalue weighted by Crippen LogP contribution is 2.60. The van der Waals surface area contributed by atoms with Gasteiger partial charge in [-0.25, -0.2) is 0 Å². The molecule has 11 heteroatoms. The van der Waals surface area contributed by atoms with Crippen LogP contribution in [0.4, 0.5) is 26.3 Å². The van der Waals surface area contributed by atoms with Crippen LogP contribution >= 0.6 is 0 Å². The van der Waals surface area contributed by atoms with Gasteiger partial charge in [-0.15, -0.1) is 0 Å². The largest absolute Gasteiger partial charge is 0.426 e. The minimum Gasteiger partial charge on any atom is -0.413 e. The third-order valence-electron chi connectivity index (χ3n) is 13.6. The van der Waals surface area contributed by atoms with Crippen molar-refractivity contribution in [3.05, 3.63) is 47.6 Å². The lowest BCUT2D eigenvalue weighted by atomic mass is 9.61. The number of halogens is 6. The van der Waals surface area contributed by atoms with Crippen LogP contribution in [0, 0.1) is 29.1 Å². The Morgan fingerprint density at radius 2 is 1.37 bits per heavy atom. The van der Waals surface area contributed by atoms with Gasteiger partial charge in [0.25, 0.3) is 5.60 Å². The fraction of sp³-hybridized carbons (Fsp3) is 0.800. The molecular weight excluding hydrogens is 699 g/mol. The molecule has 0 spiro atoms. The predicted octanol–water partition coefficient (Wildman–Crippen LogP) is 12.9. The molecule has 0 aliphatic heterocycles. The molecule has 1 N–H and O–H groups in total. The molecular formula is C40H66F6O3Si2. The minimum absolute atomic E-state index is 0.0191. The van der Waals surface area contributed by atoms with Crippen molar-refractivity contribution in [3.8, 4) is 0 Å². The van der Waals surface area contributed by atoms with Crippen molar-refractivity contribution in [2.24, 2.45) is 29.1 Å². The zero-order valence-electron chi connectivity index (χ0n) is 33.5. The fourth-order valence-electron chi connectivity index (χ4n) is 8.20. The number of rotatable bonds is 9. The zero-order chi connectivity index (χ0) is 39.4. The second-order valence-electron chi connectivity index (χ2n) is 19.2. The third-order valence-corrected chi connectivity index (χ3v) is 22.7. The van der Waals surface area contributed by atoms with E-state index in [-0.39, 0.29) is 45.5 Å². The van der Waals surface area contributed by atoms with Crippen LogP contribution < -0.4 is 0 Å². The van der Waals surface area contributed by atoms with Gasteiger partial charge in [0.2, 0.25) is 0 Å². The van der Waals surface area contributed by atoms with Gasteiger partial charge in [0, 0.05) is 12.3 Å². The van der Waals surface area contributed by atoms with Gasteiger partial charge >= 0.3 is 12.4 Å². The maximum absolute atomic E-state index is 13.5. The van der Waals surface area contributed by atoms with Crippen LogP contribution in [0.3, 0.4) is 0 Å². The first-order valence-electron chi connectivity index (χ1n) is 18.8. The molecule has 0 saturated heterocycles. The first-order valence-corrected chi connectivity index (χ1v) is 24.6. The lowest BCUT2D eigenvalue weighted by Gasteiger charge is -2.45. The number of hydrogen-bond acceptors (Lipinski definition) is 3. The van der Waals surface area contributed by atoms with E-state index in [4.69, 9.17) is 8.85 Å². The molecule has 0 unspecified atom stereocenters. The van der Waals surface area contributed by atoms with E-state index in [9.17, 15) is 31.4 Å². The van der Waals surface area contributed by atoms with E-state index in [1.165, 1.54) is 11.6 Å². The number of hydrogen-bond donors (Lipinski definition) is 1. The predicted molar refractivity (Wildman–Crippen MR) is 201 cm³/mol. The maximum atomic E-state index is 13.5. The van der Waals surface area contributed by atoms with Crippen molar-refractivity contribution in [3.63, 3.8) is 0 Å². The summed E-state index contributed by atoms with van der Waals surface area (Å²) in [6.45, 7) is 32.1. The second-order valence-corrected chi connectivity index (χ2v) is 28.7. The highest BCUT2D eigenvalue weighted by Gasteiger charge is 2.72. The van der Waals surface area contributed by atoms with Crippen LogP contribution in [-0.4, -0.2) is 51.9 Å². The van der Waals surface area contributed by atoms with Crippen molar-refractivity contribution < 1.29 is 40.3 Å². The second kappa shape index (κ2) is 14.8. The molecule has 3 rings (SSSR count). The Balaban J connectivity index is 1.91. The fourth-order valence-corrected chi connectivity index (χ4v) is 10.9. The van der Waals surface area contributed by atoms with Crippen molar-refractivity contribution >= 4 is 16.6 Å². The Hall–Kier alpha value is -1.15. The molecule has 3 nitrogen and oxygen atoms in total. The molecule has 7 atom stereocenters. The molecule has 0 aromatic rings. The van der Waals surface area contributed by atoms with Crippen molar-refractivity contribution in [1.82, 2.24) is 0 Å². The average molecular weight is 765 g/mol. The van der Waals surface area contributed by atoms with Crippen LogP contribution in [0.5, 0.6) is 0 Å². The molecule has 3 aliphatic rings. The molecule has 0 bridgehead atoms. The highest BCUT2D eigenvalue weighted by molar-refractivity contribution is 6.74. The van der Waals surface area contributed by atoms with E-state index in [0.29, 0.717) is 0 Å². The standard InChI is InChI=1S/C40H66F6O3Si2/c1-26(17-18-27(2)38(47,39(41,42)43)40(44,45)46)32-21-22-33-29(16-15-23-37(32,33)10)19-20-30-24-31(48-50(11,12)35(4,5)6)25-34(28(30)3)49-51(13,14)36(7,8)9/h17-20,26-27,31-34,47H,3,15-16,21-25H2,1-2,4-14H3/b18-17+,29-19+,30-20-/t26-,27-,31-,32-,33+,34+,37-/m1/s1. The monoisotopic (exact) mass is 764 g/mol. The molecule has 0 aromatic heterocycles. The molecule has 0 radical (unpaired) electrons. The number of aliphatic hydroxyl groups is 1. The van der Waals surface area contributed by atoms with Crippen molar-refractivity contribution in [2.45, 2.75) is 174 Å². The van der Waals surface area contributed by atoms with E-state index in [2.05, 4.69) is 93.4 Å². The van der Waals surface area contributed by atoms with E-state index >= 15 is 0 Å². The molecule has 0 amide bonds. The van der Waals surface area contributed by atoms with E-state index < -0.39 is 40.5 Å². The Morgan fingerprint density at radius 1 is 0.843 bits per heavy atom. The quantitative estimate of drug-likeness (QED) is 0.144. The molecule has 294 valence electrons. The topological polar surface area (TPSA) is 38.7 Å². The lowest BCUT2D eigenvalue weighted by molar-refractivity contribution is -0.378. The van der Waals surface area contributed by atoms with Crippen molar-refractivity contribution in [1.29, 1.82) is 0 Å². The van der Waals surface area contributed by atoms with Gasteiger partial charge in [-0.2, -0.15) is 26.3 Å². The van der Waals surface area contributed by atoms with E-state index in [1.54, 1.807) is 0 Å². The van der Waals surface area contributed by atoms with Crippen LogP contribution in [0.2, 0.25) is 36.3 Å². The number of alkyl halides is 6. The summed E-state index contributed by atoms with van der Waals surface area (Å²) >= 11 is 0. The zero-order valence-corrected chi connectivity index (χ0v) is 35.5. The Kier molecular flexibility index (Phi) is 12.9. The van der Waals surface area contributed by atoms with Gasteiger partial charge in [-0.1, -0.05) is 98.8 Å². The molecule has 0 heterocycles. The van der Waals surface area contributed by atoms with Gasteiger partial charge in [0.15, 0.2) is 16.6 Å². The summed E-state index contributed by atoms with van der Waals surface area (Å²) in [5.74, 6) is -2.10. The van der Waals surface area contributed by atoms with E-state index in [1.807, 2.05) is 6.92 Å². The van der Waals surface area contributed by atoms with Gasteiger partial charge < -0.3 is 14.0 Å². The molecule has 3 fully saturated rings. The van der Waals surface area contributed by atoms with Gasteiger partial charge in [0.05, 0.1) is 12.2 Å². The summed E-state index contributed by atoms with van der Waals surface area (Å²) in [4.78, 5) is 0. The summed E-state index contributed by atoms with van der Waals surface area (Å²) in [6, 6.07) is 0. The summed E-state index contributed by atoms with van der Waals surface area (Å²) in [6.07, 6.45) is 1.17. The van der Waals surface area contributed by atoms with Gasteiger partial charge in [0.1, 0.15) is 0 Å². The van der Waals surface area contributed by atoms with Gasteiger partial charge in [-0.05, 0) is 109 Å². The van der Waals surface area contributed by atoms with Crippen LogP contribution in [0.15, 0.2) is 47.6 Å². The Bertz CT molecular complexity index is 1330. The first-order chi connectivity index (χ1) is 22.8. The molecule has 51 heavy (non-hydrogen) atoms. The van der Waals surface area contributed by atoms with E-state index in [0.717, 1.165) is 69.1 Å². The summed E-state index contributed by atoms with van der Waals surface area (Å²) in [5, 5.41) is 9.98. The van der Waals surface area contributed by atoms with Crippen LogP contribution in [-0.2, 0) is 8.85 Å². The molecule has 3 aliphatic carbocycles. The van der Waals surface area contributed by atoms with Crippen LogP contribution in [0.25, 0.3) is 0 Å². The number of allylic oxidation sites excluding steroid dienone is 4. The minimum atomic E-state index is -5.85. The molecule has 3 saturated carbocycles. The Morgan fingerprint density at radius 3 is 1.88 bits per heavy atom. The summed E-state index contributed by atoms with van der Waals surface area (Å²) < 4.78 is 94.9. The Labute approximate surface area is 306 Å². The van der Waals surface area contributed by atoms with Crippen molar-refractivity contribution in [2.75, 3.05) is 0 Å². The van der Waals surface area contributed by atoms with Crippen LogP contribution in [0.1, 0.15) is 107 Å². The lowest BCUT2D eigenvalue weighted by Crippen LogP contribution is -2.60. The van der Waals surface area contributed by atoms with Gasteiger partial charge in [-0.3, -0.25) is 0 Å². The maximum Gasteiger partial charge on any atom is 0.426 e.